The van der Waals surface area contributed by atoms with Gasteiger partial charge in [-0.05, 0) is 36.6 Å². The number of hydrogen-bond donors (Lipinski definition) is 2. The summed E-state index contributed by atoms with van der Waals surface area (Å²) in [5.41, 5.74) is 7.38. The molecule has 1 aromatic heterocycles. The van der Waals surface area contributed by atoms with E-state index in [2.05, 4.69) is 10.3 Å². The molecule has 24 heavy (non-hydrogen) atoms. The van der Waals surface area contributed by atoms with Crippen LogP contribution < -0.4 is 11.1 Å². The molecule has 0 bridgehead atoms. The number of halogens is 3. The Morgan fingerprint density at radius 2 is 1.92 bits per heavy atom. The van der Waals surface area contributed by atoms with Crippen LogP contribution in [0, 0.1) is 17.5 Å². The lowest BCUT2D eigenvalue weighted by atomic mass is 9.80. The van der Waals surface area contributed by atoms with Crippen LogP contribution in [0.4, 0.5) is 19.0 Å². The quantitative estimate of drug-likeness (QED) is 0.662. The van der Waals surface area contributed by atoms with Gasteiger partial charge >= 0.3 is 0 Å². The first-order chi connectivity index (χ1) is 11.5. The minimum atomic E-state index is -1.18. The van der Waals surface area contributed by atoms with Crippen LogP contribution in [0.1, 0.15) is 24.3 Å². The van der Waals surface area contributed by atoms with E-state index in [4.69, 9.17) is 5.73 Å². The van der Waals surface area contributed by atoms with Crippen LogP contribution in [0.15, 0.2) is 48.2 Å². The SMILES string of the molecule is N[C@H]1CC(CNc2ccccn2)=CC[C@@H]1c1cc(F)c(F)cc1F. The zero-order chi connectivity index (χ0) is 17.1. The fourth-order valence-electron chi connectivity index (χ4n) is 2.99. The molecule has 1 heterocycles. The largest absolute Gasteiger partial charge is 0.366 e. The molecule has 0 amide bonds. The highest BCUT2D eigenvalue weighted by Gasteiger charge is 2.27. The van der Waals surface area contributed by atoms with Gasteiger partial charge in [-0.25, -0.2) is 18.2 Å². The van der Waals surface area contributed by atoms with Crippen molar-refractivity contribution < 1.29 is 13.2 Å². The van der Waals surface area contributed by atoms with Gasteiger partial charge in [-0.3, -0.25) is 0 Å². The molecule has 0 saturated carbocycles. The Morgan fingerprint density at radius 1 is 1.12 bits per heavy atom. The normalized spacial score (nSPS) is 20.6. The second kappa shape index (κ2) is 7.05. The lowest BCUT2D eigenvalue weighted by molar-refractivity contribution is 0.455. The number of nitrogens with two attached hydrogens (primary N) is 1. The van der Waals surface area contributed by atoms with Gasteiger partial charge < -0.3 is 11.1 Å². The Balaban J connectivity index is 1.70. The number of nitrogens with zero attached hydrogens (tertiary/aromatic N) is 1. The molecule has 2 aromatic rings. The summed E-state index contributed by atoms with van der Waals surface area (Å²) in [6.07, 6.45) is 4.72. The van der Waals surface area contributed by atoms with Crippen molar-refractivity contribution in [3.05, 3.63) is 71.2 Å². The molecule has 3 rings (SSSR count). The molecule has 3 N–H and O–H groups in total. The van der Waals surface area contributed by atoms with Crippen LogP contribution in [-0.2, 0) is 0 Å². The highest BCUT2D eigenvalue weighted by molar-refractivity contribution is 5.36. The first-order valence-corrected chi connectivity index (χ1v) is 7.77. The third-order valence-corrected chi connectivity index (χ3v) is 4.28. The summed E-state index contributed by atoms with van der Waals surface area (Å²) in [4.78, 5) is 4.18. The zero-order valence-corrected chi connectivity index (χ0v) is 13.0. The van der Waals surface area contributed by atoms with Gasteiger partial charge in [0.15, 0.2) is 11.6 Å². The van der Waals surface area contributed by atoms with Gasteiger partial charge in [0.1, 0.15) is 11.6 Å². The Bertz CT molecular complexity index is 747. The van der Waals surface area contributed by atoms with Crippen molar-refractivity contribution in [1.82, 2.24) is 4.98 Å². The average molecular weight is 333 g/mol. The molecule has 0 aliphatic heterocycles. The smallest absolute Gasteiger partial charge is 0.161 e. The van der Waals surface area contributed by atoms with Crippen LogP contribution >= 0.6 is 0 Å². The van der Waals surface area contributed by atoms with Gasteiger partial charge in [0.25, 0.3) is 0 Å². The standard InChI is InChI=1S/C18H18F3N3/c19-14-9-16(21)15(20)8-13(14)12-5-4-11(7-17(12)22)10-24-18-3-1-2-6-23-18/h1-4,6,8-9,12,17H,5,7,10,22H2,(H,23,24)/t12-,17+/m1/s1. The molecule has 2 atom stereocenters. The summed E-state index contributed by atoms with van der Waals surface area (Å²) in [6, 6.07) is 6.73. The molecule has 0 saturated heterocycles. The average Bonchev–Trinajstić information content (AvgIpc) is 2.58. The fourth-order valence-corrected chi connectivity index (χ4v) is 2.99. The van der Waals surface area contributed by atoms with E-state index in [1.165, 1.54) is 0 Å². The molecule has 6 heteroatoms. The molecule has 1 aromatic carbocycles. The molecule has 0 spiro atoms. The van der Waals surface area contributed by atoms with E-state index in [0.717, 1.165) is 17.5 Å². The first-order valence-electron chi connectivity index (χ1n) is 7.77. The van der Waals surface area contributed by atoms with Gasteiger partial charge in [0, 0.05) is 30.8 Å². The van der Waals surface area contributed by atoms with E-state index in [1.807, 2.05) is 24.3 Å². The minimum Gasteiger partial charge on any atom is -0.366 e. The second-order valence-corrected chi connectivity index (χ2v) is 5.93. The summed E-state index contributed by atoms with van der Waals surface area (Å²) in [5, 5.41) is 3.20. The third-order valence-electron chi connectivity index (χ3n) is 4.28. The summed E-state index contributed by atoms with van der Waals surface area (Å²) in [6.45, 7) is 0.595. The first kappa shape index (κ1) is 16.5. The van der Waals surface area contributed by atoms with Gasteiger partial charge in [0.05, 0.1) is 0 Å². The molecule has 1 aliphatic carbocycles. The Labute approximate surface area is 138 Å². The minimum absolute atomic E-state index is 0.134. The van der Waals surface area contributed by atoms with E-state index in [-0.39, 0.29) is 17.5 Å². The van der Waals surface area contributed by atoms with Crippen molar-refractivity contribution in [3.63, 3.8) is 0 Å². The van der Waals surface area contributed by atoms with Crippen molar-refractivity contribution >= 4 is 5.82 Å². The number of nitrogens with one attached hydrogen (secondary N) is 1. The third kappa shape index (κ3) is 3.59. The Morgan fingerprint density at radius 3 is 2.62 bits per heavy atom. The van der Waals surface area contributed by atoms with Crippen LogP contribution in [0.5, 0.6) is 0 Å². The van der Waals surface area contributed by atoms with E-state index in [0.29, 0.717) is 25.5 Å². The summed E-state index contributed by atoms with van der Waals surface area (Å²) >= 11 is 0. The van der Waals surface area contributed by atoms with Crippen molar-refractivity contribution in [2.75, 3.05) is 11.9 Å². The van der Waals surface area contributed by atoms with Gasteiger partial charge in [0.2, 0.25) is 0 Å². The molecular weight excluding hydrogens is 315 g/mol. The zero-order valence-electron chi connectivity index (χ0n) is 13.0. The van der Waals surface area contributed by atoms with Crippen molar-refractivity contribution in [1.29, 1.82) is 0 Å². The van der Waals surface area contributed by atoms with E-state index >= 15 is 0 Å². The molecule has 126 valence electrons. The second-order valence-electron chi connectivity index (χ2n) is 5.93. The number of aromatic nitrogens is 1. The molecule has 3 nitrogen and oxygen atoms in total. The molecule has 0 radical (unpaired) electrons. The molecule has 0 unspecified atom stereocenters. The van der Waals surface area contributed by atoms with Crippen molar-refractivity contribution in [3.8, 4) is 0 Å². The predicted octanol–water partition coefficient (Wildman–Crippen LogP) is 3.74. The highest BCUT2D eigenvalue weighted by Crippen LogP contribution is 2.33. The van der Waals surface area contributed by atoms with Gasteiger partial charge in [-0.15, -0.1) is 0 Å². The fraction of sp³-hybridized carbons (Fsp3) is 0.278. The molecular formula is C18H18F3N3. The molecule has 0 fully saturated rings. The van der Waals surface area contributed by atoms with Crippen LogP contribution in [-0.4, -0.2) is 17.6 Å². The lowest BCUT2D eigenvalue weighted by Gasteiger charge is -2.29. The monoisotopic (exact) mass is 333 g/mol. The van der Waals surface area contributed by atoms with Crippen LogP contribution in [0.25, 0.3) is 0 Å². The maximum atomic E-state index is 14.0. The number of benzene rings is 1. The number of hydrogen-bond acceptors (Lipinski definition) is 3. The summed E-state index contributed by atoms with van der Waals surface area (Å²) in [7, 11) is 0. The maximum absolute atomic E-state index is 14.0. The predicted molar refractivity (Wildman–Crippen MR) is 87.1 cm³/mol. The topological polar surface area (TPSA) is 50.9 Å². The van der Waals surface area contributed by atoms with E-state index in [9.17, 15) is 13.2 Å². The molecule has 1 aliphatic rings. The Hall–Kier alpha value is -2.34. The number of pyridine rings is 1. The van der Waals surface area contributed by atoms with Gasteiger partial charge in [-0.2, -0.15) is 0 Å². The van der Waals surface area contributed by atoms with E-state index < -0.39 is 17.5 Å². The van der Waals surface area contributed by atoms with Crippen LogP contribution in [0.3, 0.4) is 0 Å². The van der Waals surface area contributed by atoms with Gasteiger partial charge in [-0.1, -0.05) is 17.7 Å². The van der Waals surface area contributed by atoms with E-state index in [1.54, 1.807) is 6.20 Å². The number of allylic oxidation sites excluding steroid dienone is 1. The number of rotatable bonds is 4. The highest BCUT2D eigenvalue weighted by atomic mass is 19.2. The number of anilines is 1. The van der Waals surface area contributed by atoms with Crippen molar-refractivity contribution in [2.45, 2.75) is 24.8 Å². The summed E-state index contributed by atoms with van der Waals surface area (Å²) < 4.78 is 40.4. The summed E-state index contributed by atoms with van der Waals surface area (Å²) in [5.74, 6) is -2.58. The lowest BCUT2D eigenvalue weighted by Crippen LogP contribution is -2.33. The van der Waals surface area contributed by atoms with Crippen LogP contribution in [0.2, 0.25) is 0 Å². The Kier molecular flexibility index (Phi) is 4.85. The maximum Gasteiger partial charge on any atom is 0.161 e. The van der Waals surface area contributed by atoms with Crippen molar-refractivity contribution in [2.24, 2.45) is 5.73 Å².